The molecule has 0 aromatic carbocycles. The molecule has 0 heterocycles. The summed E-state index contributed by atoms with van der Waals surface area (Å²) in [5, 5.41) is 8.93. The summed E-state index contributed by atoms with van der Waals surface area (Å²) in [7, 11) is 0. The maximum atomic E-state index is 11.6. The third-order valence-corrected chi connectivity index (χ3v) is 2.71. The predicted molar refractivity (Wildman–Crippen MR) is 77.8 cm³/mol. The molecule has 0 aromatic rings. The lowest BCUT2D eigenvalue weighted by Crippen LogP contribution is -2.39. The van der Waals surface area contributed by atoms with Gasteiger partial charge in [-0.1, -0.05) is 27.7 Å². The zero-order valence-corrected chi connectivity index (χ0v) is 12.9. The molecular weight excluding hydrogens is 242 g/mol. The van der Waals surface area contributed by atoms with Crippen LogP contribution >= 0.6 is 0 Å². The highest BCUT2D eigenvalue weighted by molar-refractivity contribution is 5.81. The van der Waals surface area contributed by atoms with Crippen molar-refractivity contribution in [2.75, 3.05) is 19.6 Å². The van der Waals surface area contributed by atoms with Crippen LogP contribution in [0, 0.1) is 5.41 Å². The van der Waals surface area contributed by atoms with Crippen molar-refractivity contribution in [3.8, 4) is 0 Å². The largest absolute Gasteiger partial charge is 0.356 e. The third-order valence-electron chi connectivity index (χ3n) is 2.71. The van der Waals surface area contributed by atoms with Gasteiger partial charge in [-0.15, -0.1) is 0 Å². The van der Waals surface area contributed by atoms with Crippen LogP contribution in [0.2, 0.25) is 0 Å². The maximum absolute atomic E-state index is 11.6. The number of likely N-dealkylation sites (N-methyl/N-ethyl adjacent to an activating group) is 1. The van der Waals surface area contributed by atoms with E-state index in [2.05, 4.69) is 16.0 Å². The Morgan fingerprint density at radius 3 is 2.32 bits per heavy atom. The van der Waals surface area contributed by atoms with E-state index in [0.717, 1.165) is 6.54 Å². The molecule has 0 rings (SSSR count). The first-order valence-electron chi connectivity index (χ1n) is 7.05. The van der Waals surface area contributed by atoms with Crippen LogP contribution in [0.3, 0.4) is 0 Å². The molecule has 2 amide bonds. The zero-order valence-electron chi connectivity index (χ0n) is 12.9. The van der Waals surface area contributed by atoms with Gasteiger partial charge in [-0.05, 0) is 19.9 Å². The van der Waals surface area contributed by atoms with Crippen molar-refractivity contribution in [2.24, 2.45) is 5.41 Å². The van der Waals surface area contributed by atoms with Crippen LogP contribution in [-0.4, -0.2) is 37.5 Å². The SMILES string of the molecule is CCN[C@H](C)CNC(=O)CCCNC(=O)C(C)(C)C. The average molecular weight is 271 g/mol. The van der Waals surface area contributed by atoms with Crippen molar-refractivity contribution in [3.63, 3.8) is 0 Å². The van der Waals surface area contributed by atoms with Crippen molar-refractivity contribution < 1.29 is 9.59 Å². The third kappa shape index (κ3) is 9.47. The van der Waals surface area contributed by atoms with Crippen molar-refractivity contribution >= 4 is 11.8 Å². The van der Waals surface area contributed by atoms with Gasteiger partial charge in [0, 0.05) is 31.0 Å². The highest BCUT2D eigenvalue weighted by atomic mass is 16.2. The number of nitrogens with one attached hydrogen (secondary N) is 3. The number of amides is 2. The second-order valence-electron chi connectivity index (χ2n) is 5.87. The van der Waals surface area contributed by atoms with E-state index in [1.807, 2.05) is 34.6 Å². The summed E-state index contributed by atoms with van der Waals surface area (Å²) in [6, 6.07) is 0.287. The van der Waals surface area contributed by atoms with Crippen molar-refractivity contribution in [3.05, 3.63) is 0 Å². The summed E-state index contributed by atoms with van der Waals surface area (Å²) in [6.45, 7) is 11.8. The summed E-state index contributed by atoms with van der Waals surface area (Å²) >= 11 is 0. The van der Waals surface area contributed by atoms with Crippen molar-refractivity contribution in [2.45, 2.75) is 53.5 Å². The van der Waals surface area contributed by atoms with Crippen LogP contribution in [0.25, 0.3) is 0 Å². The molecule has 5 heteroatoms. The van der Waals surface area contributed by atoms with Crippen LogP contribution in [0.15, 0.2) is 0 Å². The molecule has 5 nitrogen and oxygen atoms in total. The van der Waals surface area contributed by atoms with E-state index >= 15 is 0 Å². The van der Waals surface area contributed by atoms with Gasteiger partial charge in [0.1, 0.15) is 0 Å². The first-order chi connectivity index (χ1) is 8.77. The fourth-order valence-electron chi connectivity index (χ4n) is 1.49. The van der Waals surface area contributed by atoms with Crippen LogP contribution < -0.4 is 16.0 Å². The molecule has 0 radical (unpaired) electrons. The number of carbonyl (C=O) groups is 2. The fourth-order valence-corrected chi connectivity index (χ4v) is 1.49. The molecule has 3 N–H and O–H groups in total. The molecule has 0 aliphatic rings. The van der Waals surface area contributed by atoms with Gasteiger partial charge in [-0.3, -0.25) is 9.59 Å². The second kappa shape index (κ2) is 8.91. The molecule has 0 spiro atoms. The minimum absolute atomic E-state index is 0.0219. The molecule has 0 bridgehead atoms. The predicted octanol–water partition coefficient (Wildman–Crippen LogP) is 1.04. The smallest absolute Gasteiger partial charge is 0.225 e. The lowest BCUT2D eigenvalue weighted by Gasteiger charge is -2.17. The van der Waals surface area contributed by atoms with Gasteiger partial charge in [-0.25, -0.2) is 0 Å². The van der Waals surface area contributed by atoms with E-state index in [1.54, 1.807) is 0 Å². The van der Waals surface area contributed by atoms with Gasteiger partial charge in [0.2, 0.25) is 11.8 Å². The Kier molecular flexibility index (Phi) is 8.39. The molecule has 0 aliphatic carbocycles. The quantitative estimate of drug-likeness (QED) is 0.578. The second-order valence-corrected chi connectivity index (χ2v) is 5.87. The first kappa shape index (κ1) is 17.9. The summed E-state index contributed by atoms with van der Waals surface area (Å²) in [5.74, 6) is 0.0587. The van der Waals surface area contributed by atoms with Gasteiger partial charge in [0.25, 0.3) is 0 Å². The molecule has 0 aliphatic heterocycles. The van der Waals surface area contributed by atoms with Crippen molar-refractivity contribution in [1.82, 2.24) is 16.0 Å². The van der Waals surface area contributed by atoms with Crippen LogP contribution in [0.1, 0.15) is 47.5 Å². The van der Waals surface area contributed by atoms with Gasteiger partial charge in [0.15, 0.2) is 0 Å². The fraction of sp³-hybridized carbons (Fsp3) is 0.857. The van der Waals surface area contributed by atoms with E-state index in [1.165, 1.54) is 0 Å². The van der Waals surface area contributed by atoms with E-state index in [0.29, 0.717) is 25.9 Å². The number of hydrogen-bond donors (Lipinski definition) is 3. The molecule has 0 unspecified atom stereocenters. The van der Waals surface area contributed by atoms with Gasteiger partial charge in [0.05, 0.1) is 0 Å². The Balaban J connectivity index is 3.62. The highest BCUT2D eigenvalue weighted by Gasteiger charge is 2.20. The molecule has 0 saturated carbocycles. The van der Waals surface area contributed by atoms with Crippen molar-refractivity contribution in [1.29, 1.82) is 0 Å². The summed E-state index contributed by atoms with van der Waals surface area (Å²) < 4.78 is 0. The summed E-state index contributed by atoms with van der Waals surface area (Å²) in [6.07, 6.45) is 1.12. The minimum Gasteiger partial charge on any atom is -0.356 e. The molecule has 0 aromatic heterocycles. The topological polar surface area (TPSA) is 70.2 Å². The lowest BCUT2D eigenvalue weighted by atomic mass is 9.96. The first-order valence-corrected chi connectivity index (χ1v) is 7.05. The van der Waals surface area contributed by atoms with Crippen LogP contribution in [0.5, 0.6) is 0 Å². The molecule has 0 fully saturated rings. The number of hydrogen-bond acceptors (Lipinski definition) is 3. The Labute approximate surface area is 116 Å². The molecular formula is C14H29N3O2. The molecule has 19 heavy (non-hydrogen) atoms. The molecule has 1 atom stereocenters. The van der Waals surface area contributed by atoms with E-state index in [4.69, 9.17) is 0 Å². The van der Waals surface area contributed by atoms with E-state index in [-0.39, 0.29) is 23.3 Å². The number of carbonyl (C=O) groups excluding carboxylic acids is 2. The Morgan fingerprint density at radius 1 is 1.16 bits per heavy atom. The van der Waals surface area contributed by atoms with E-state index in [9.17, 15) is 9.59 Å². The van der Waals surface area contributed by atoms with Gasteiger partial charge >= 0.3 is 0 Å². The normalized spacial score (nSPS) is 12.9. The lowest BCUT2D eigenvalue weighted by molar-refractivity contribution is -0.128. The van der Waals surface area contributed by atoms with E-state index < -0.39 is 0 Å². The van der Waals surface area contributed by atoms with Gasteiger partial charge in [-0.2, -0.15) is 0 Å². The number of rotatable bonds is 8. The standard InChI is InChI=1S/C14H29N3O2/c1-6-15-11(2)10-17-12(18)8-7-9-16-13(19)14(3,4)5/h11,15H,6-10H2,1-5H3,(H,16,19)(H,17,18)/t11-/m1/s1. The maximum Gasteiger partial charge on any atom is 0.225 e. The monoisotopic (exact) mass is 271 g/mol. The van der Waals surface area contributed by atoms with Gasteiger partial charge < -0.3 is 16.0 Å². The molecule has 0 saturated heterocycles. The van der Waals surface area contributed by atoms with Crippen LogP contribution in [0.4, 0.5) is 0 Å². The highest BCUT2D eigenvalue weighted by Crippen LogP contribution is 2.12. The minimum atomic E-state index is -0.372. The Morgan fingerprint density at radius 2 is 1.79 bits per heavy atom. The summed E-state index contributed by atoms with van der Waals surface area (Å²) in [4.78, 5) is 23.1. The molecule has 112 valence electrons. The Bertz CT molecular complexity index is 285. The summed E-state index contributed by atoms with van der Waals surface area (Å²) in [5.41, 5.74) is -0.372. The zero-order chi connectivity index (χ0) is 14.9. The average Bonchev–Trinajstić information content (AvgIpc) is 2.31. The Hall–Kier alpha value is -1.10. The van der Waals surface area contributed by atoms with Crippen LogP contribution in [-0.2, 0) is 9.59 Å².